The molecule has 4 N–H and O–H groups in total. The number of ether oxygens (including phenoxy) is 2. The van der Waals surface area contributed by atoms with E-state index in [0.717, 1.165) is 0 Å². The Kier molecular flexibility index (Phi) is 7.59. The minimum absolute atomic E-state index is 0.317. The van der Waals surface area contributed by atoms with E-state index in [0.29, 0.717) is 39.4 Å². The van der Waals surface area contributed by atoms with Crippen LogP contribution in [0.5, 0.6) is 0 Å². The van der Waals surface area contributed by atoms with Crippen LogP contribution < -0.4 is 10.6 Å². The van der Waals surface area contributed by atoms with Gasteiger partial charge in [0, 0.05) is 26.2 Å². The molecule has 2 rings (SSSR count). The van der Waals surface area contributed by atoms with Gasteiger partial charge >= 0.3 is 11.9 Å². The van der Waals surface area contributed by atoms with E-state index in [9.17, 15) is 19.8 Å². The van der Waals surface area contributed by atoms with Crippen molar-refractivity contribution in [3.8, 4) is 0 Å². The number of hydrogen-bond donors (Lipinski definition) is 4. The molecule has 8 heteroatoms. The lowest BCUT2D eigenvalue weighted by Gasteiger charge is -2.23. The molecule has 4 unspecified atom stereocenters. The van der Waals surface area contributed by atoms with Crippen LogP contribution in [0.1, 0.15) is 27.7 Å². The number of rotatable bonds is 4. The first-order valence-electron chi connectivity index (χ1n) is 8.34. The fourth-order valence-electron chi connectivity index (χ4n) is 2.63. The lowest BCUT2D eigenvalue weighted by molar-refractivity contribution is -0.159. The van der Waals surface area contributed by atoms with E-state index in [1.807, 2.05) is 0 Å². The molecule has 0 aliphatic carbocycles. The Morgan fingerprint density at radius 2 is 1.25 bits per heavy atom. The summed E-state index contributed by atoms with van der Waals surface area (Å²) in [6.45, 7) is 9.60. The van der Waals surface area contributed by atoms with Gasteiger partial charge in [-0.05, 0) is 27.7 Å². The highest BCUT2D eigenvalue weighted by atomic mass is 16.5. The van der Waals surface area contributed by atoms with E-state index in [2.05, 4.69) is 10.6 Å². The number of β-amino-alcohol motifs (C(OH)–C–C–N with tert-alkyl or cyclic N) is 2. The van der Waals surface area contributed by atoms with Crippen LogP contribution in [0.4, 0.5) is 0 Å². The van der Waals surface area contributed by atoms with Crippen LogP contribution in [-0.4, -0.2) is 73.8 Å². The standard InChI is InChI=1S/2C8H15NO3/c2*1-3-12-7(11)8(2)5-9-4-6(8)10/h2*6,9-10H,3-5H2,1-2H3. The van der Waals surface area contributed by atoms with Crippen molar-refractivity contribution in [3.05, 3.63) is 0 Å². The van der Waals surface area contributed by atoms with Crippen LogP contribution in [0.3, 0.4) is 0 Å². The average Bonchev–Trinajstić information content (AvgIpc) is 3.05. The van der Waals surface area contributed by atoms with Crippen LogP contribution in [0.15, 0.2) is 0 Å². The fourth-order valence-corrected chi connectivity index (χ4v) is 2.63. The number of esters is 2. The summed E-state index contributed by atoms with van der Waals surface area (Å²) >= 11 is 0. The summed E-state index contributed by atoms with van der Waals surface area (Å²) in [6, 6.07) is 0. The zero-order valence-electron chi connectivity index (χ0n) is 14.9. The van der Waals surface area contributed by atoms with Gasteiger partial charge in [-0.1, -0.05) is 0 Å². The third-order valence-electron chi connectivity index (χ3n) is 4.61. The van der Waals surface area contributed by atoms with Gasteiger partial charge in [0.2, 0.25) is 0 Å². The van der Waals surface area contributed by atoms with Gasteiger partial charge in [-0.25, -0.2) is 0 Å². The van der Waals surface area contributed by atoms with Crippen LogP contribution in [0, 0.1) is 10.8 Å². The quantitative estimate of drug-likeness (QED) is 0.481. The molecule has 0 saturated carbocycles. The van der Waals surface area contributed by atoms with Crippen molar-refractivity contribution in [1.29, 1.82) is 0 Å². The molecule has 0 amide bonds. The SMILES string of the molecule is CCOC(=O)C1(C)CNCC1O.CCOC(=O)C1(C)CNCC1O. The maximum absolute atomic E-state index is 11.4. The predicted octanol–water partition coefficient (Wildman–Crippen LogP) is -0.960. The van der Waals surface area contributed by atoms with Crippen LogP contribution >= 0.6 is 0 Å². The van der Waals surface area contributed by atoms with Crippen molar-refractivity contribution < 1.29 is 29.3 Å². The molecule has 0 aromatic rings. The minimum atomic E-state index is -0.754. The molecule has 0 aromatic heterocycles. The molecular formula is C16H30N2O6. The molecule has 0 aromatic carbocycles. The molecule has 2 aliphatic heterocycles. The molecule has 0 bridgehead atoms. The van der Waals surface area contributed by atoms with Gasteiger partial charge < -0.3 is 30.3 Å². The van der Waals surface area contributed by atoms with E-state index >= 15 is 0 Å². The first kappa shape index (κ1) is 20.8. The average molecular weight is 346 g/mol. The Bertz CT molecular complexity index is 406. The van der Waals surface area contributed by atoms with E-state index in [4.69, 9.17) is 9.47 Å². The zero-order chi connectivity index (χ0) is 18.4. The predicted molar refractivity (Wildman–Crippen MR) is 87.2 cm³/mol. The Balaban J connectivity index is 0.000000240. The smallest absolute Gasteiger partial charge is 0.315 e. The van der Waals surface area contributed by atoms with Crippen molar-refractivity contribution >= 4 is 11.9 Å². The molecule has 0 radical (unpaired) electrons. The second-order valence-corrected chi connectivity index (χ2v) is 6.57. The Morgan fingerprint density at radius 3 is 1.46 bits per heavy atom. The first-order chi connectivity index (χ1) is 11.2. The van der Waals surface area contributed by atoms with Crippen LogP contribution in [0.2, 0.25) is 0 Å². The van der Waals surface area contributed by atoms with Crippen molar-refractivity contribution in [2.75, 3.05) is 39.4 Å². The summed E-state index contributed by atoms with van der Waals surface area (Å²) in [5, 5.41) is 24.9. The molecule has 4 atom stereocenters. The molecule has 8 nitrogen and oxygen atoms in total. The lowest BCUT2D eigenvalue weighted by atomic mass is 9.87. The van der Waals surface area contributed by atoms with E-state index in [-0.39, 0.29) is 11.9 Å². The number of carbonyl (C=O) groups excluding carboxylic acids is 2. The molecule has 24 heavy (non-hydrogen) atoms. The van der Waals surface area contributed by atoms with E-state index in [1.165, 1.54) is 0 Å². The van der Waals surface area contributed by atoms with Gasteiger partial charge in [-0.15, -0.1) is 0 Å². The molecule has 2 heterocycles. The molecule has 2 aliphatic rings. The van der Waals surface area contributed by atoms with Crippen molar-refractivity contribution in [2.24, 2.45) is 10.8 Å². The number of aliphatic hydroxyl groups excluding tert-OH is 2. The number of carbonyl (C=O) groups is 2. The number of nitrogens with one attached hydrogen (secondary N) is 2. The molecular weight excluding hydrogens is 316 g/mol. The highest BCUT2D eigenvalue weighted by Crippen LogP contribution is 2.27. The van der Waals surface area contributed by atoms with Crippen molar-refractivity contribution in [3.63, 3.8) is 0 Å². The topological polar surface area (TPSA) is 117 Å². The normalized spacial score (nSPS) is 35.1. The molecule has 0 spiro atoms. The lowest BCUT2D eigenvalue weighted by Crippen LogP contribution is -2.40. The zero-order valence-corrected chi connectivity index (χ0v) is 14.9. The summed E-state index contributed by atoms with van der Waals surface area (Å²) in [6.07, 6.45) is -1.26. The van der Waals surface area contributed by atoms with Gasteiger partial charge in [0.05, 0.1) is 25.4 Å². The van der Waals surface area contributed by atoms with Gasteiger partial charge in [0.15, 0.2) is 0 Å². The van der Waals surface area contributed by atoms with Gasteiger partial charge in [0.25, 0.3) is 0 Å². The van der Waals surface area contributed by atoms with E-state index in [1.54, 1.807) is 27.7 Å². The summed E-state index contributed by atoms with van der Waals surface area (Å²) in [5.74, 6) is -0.634. The Labute approximate surface area is 142 Å². The van der Waals surface area contributed by atoms with E-state index < -0.39 is 23.0 Å². The monoisotopic (exact) mass is 346 g/mol. The first-order valence-corrected chi connectivity index (χ1v) is 8.34. The summed E-state index contributed by atoms with van der Waals surface area (Å²) < 4.78 is 9.72. The maximum atomic E-state index is 11.4. The highest BCUT2D eigenvalue weighted by Gasteiger charge is 2.46. The van der Waals surface area contributed by atoms with Gasteiger partial charge in [-0.2, -0.15) is 0 Å². The molecule has 2 saturated heterocycles. The maximum Gasteiger partial charge on any atom is 0.315 e. The minimum Gasteiger partial charge on any atom is -0.465 e. The van der Waals surface area contributed by atoms with Crippen molar-refractivity contribution in [1.82, 2.24) is 10.6 Å². The third-order valence-corrected chi connectivity index (χ3v) is 4.61. The number of hydrogen-bond acceptors (Lipinski definition) is 8. The summed E-state index contributed by atoms with van der Waals surface area (Å²) in [5.41, 5.74) is -1.51. The second kappa shape index (κ2) is 8.75. The molecule has 2 fully saturated rings. The fraction of sp³-hybridized carbons (Fsp3) is 0.875. The van der Waals surface area contributed by atoms with Gasteiger partial charge in [0.1, 0.15) is 10.8 Å². The Hall–Kier alpha value is -1.22. The molecule has 140 valence electrons. The largest absolute Gasteiger partial charge is 0.465 e. The van der Waals surface area contributed by atoms with Crippen LogP contribution in [0.25, 0.3) is 0 Å². The summed E-state index contributed by atoms with van der Waals surface area (Å²) in [4.78, 5) is 22.7. The number of aliphatic hydroxyl groups is 2. The highest BCUT2D eigenvalue weighted by molar-refractivity contribution is 5.78. The summed E-state index contributed by atoms with van der Waals surface area (Å²) in [7, 11) is 0. The van der Waals surface area contributed by atoms with Gasteiger partial charge in [-0.3, -0.25) is 9.59 Å². The second-order valence-electron chi connectivity index (χ2n) is 6.57. The Morgan fingerprint density at radius 1 is 0.917 bits per heavy atom. The third kappa shape index (κ3) is 4.44. The van der Waals surface area contributed by atoms with Crippen LogP contribution in [-0.2, 0) is 19.1 Å². The van der Waals surface area contributed by atoms with Crippen molar-refractivity contribution in [2.45, 2.75) is 39.9 Å².